The molecule has 0 spiro atoms. The molecule has 3 rings (SSSR count). The number of fused-ring (bicyclic) bond motifs is 1. The molecule has 2 aromatic carbocycles. The van der Waals surface area contributed by atoms with Crippen LogP contribution in [0.4, 0.5) is 29.3 Å². The lowest BCUT2D eigenvalue weighted by molar-refractivity contribution is -0.242. The van der Waals surface area contributed by atoms with Gasteiger partial charge in [0.15, 0.2) is 5.60 Å². The van der Waals surface area contributed by atoms with Crippen LogP contribution in [0.5, 0.6) is 5.75 Å². The Labute approximate surface area is 200 Å². The van der Waals surface area contributed by atoms with E-state index < -0.39 is 35.5 Å². The van der Waals surface area contributed by atoms with Crippen LogP contribution in [-0.2, 0) is 16.1 Å². The smallest absolute Gasteiger partial charge is 0.427 e. The second-order valence-electron chi connectivity index (χ2n) is 9.09. The molecule has 8 nitrogen and oxygen atoms in total. The average Bonchev–Trinajstić information content (AvgIpc) is 2.73. The SMILES string of the molecule is CC(C)(OC(=O)Nc1ccc2c(c1)N(Cc1ccccc1)C[C@H](C[C@@](C)(O)C(=O)O)O2)C(F)(F)F. The van der Waals surface area contributed by atoms with Gasteiger partial charge >= 0.3 is 18.2 Å². The maximum Gasteiger partial charge on any atom is 0.427 e. The number of halogens is 3. The normalized spacial score (nSPS) is 17.6. The van der Waals surface area contributed by atoms with Gasteiger partial charge in [-0.25, -0.2) is 9.59 Å². The molecule has 0 radical (unpaired) electrons. The average molecular weight is 496 g/mol. The van der Waals surface area contributed by atoms with Crippen molar-refractivity contribution in [2.24, 2.45) is 0 Å². The fourth-order valence-corrected chi connectivity index (χ4v) is 3.53. The molecule has 2 atom stereocenters. The first-order valence-electron chi connectivity index (χ1n) is 10.8. The van der Waals surface area contributed by atoms with E-state index in [-0.39, 0.29) is 18.7 Å². The zero-order chi connectivity index (χ0) is 26.0. The number of nitrogens with one attached hydrogen (secondary N) is 1. The van der Waals surface area contributed by atoms with Gasteiger partial charge in [-0.15, -0.1) is 0 Å². The second kappa shape index (κ2) is 9.65. The molecular weight excluding hydrogens is 469 g/mol. The molecule has 190 valence electrons. The minimum Gasteiger partial charge on any atom is -0.486 e. The molecule has 35 heavy (non-hydrogen) atoms. The predicted molar refractivity (Wildman–Crippen MR) is 121 cm³/mol. The molecule has 1 aliphatic heterocycles. The van der Waals surface area contributed by atoms with Gasteiger partial charge < -0.3 is 24.6 Å². The zero-order valence-corrected chi connectivity index (χ0v) is 19.4. The van der Waals surface area contributed by atoms with Crippen molar-refractivity contribution in [3.05, 3.63) is 54.1 Å². The van der Waals surface area contributed by atoms with Crippen molar-refractivity contribution in [1.82, 2.24) is 0 Å². The summed E-state index contributed by atoms with van der Waals surface area (Å²) in [5.41, 5.74) is -3.02. The first-order valence-corrected chi connectivity index (χ1v) is 10.8. The Hall–Kier alpha value is -3.47. The molecule has 0 bridgehead atoms. The highest BCUT2D eigenvalue weighted by atomic mass is 19.4. The molecule has 11 heteroatoms. The van der Waals surface area contributed by atoms with Crippen LogP contribution in [0, 0.1) is 0 Å². The van der Waals surface area contributed by atoms with Crippen molar-refractivity contribution < 1.29 is 42.4 Å². The Bertz CT molecular complexity index is 1070. The number of amides is 1. The Kier molecular flexibility index (Phi) is 7.21. The van der Waals surface area contributed by atoms with Crippen LogP contribution < -0.4 is 15.0 Å². The van der Waals surface area contributed by atoms with Crippen LogP contribution in [0.2, 0.25) is 0 Å². The summed E-state index contributed by atoms with van der Waals surface area (Å²) >= 11 is 0. The summed E-state index contributed by atoms with van der Waals surface area (Å²) in [6.45, 7) is 3.32. The minimum absolute atomic E-state index is 0.175. The van der Waals surface area contributed by atoms with Crippen molar-refractivity contribution >= 4 is 23.4 Å². The highest BCUT2D eigenvalue weighted by Crippen LogP contribution is 2.39. The van der Waals surface area contributed by atoms with E-state index in [1.165, 1.54) is 25.1 Å². The topological polar surface area (TPSA) is 108 Å². The molecule has 0 aliphatic carbocycles. The predicted octanol–water partition coefficient (Wildman–Crippen LogP) is 4.57. The van der Waals surface area contributed by atoms with Gasteiger partial charge in [-0.1, -0.05) is 30.3 Å². The molecule has 0 fully saturated rings. The maximum atomic E-state index is 13.0. The van der Waals surface area contributed by atoms with Gasteiger partial charge in [-0.05, 0) is 44.5 Å². The molecule has 0 unspecified atom stereocenters. The van der Waals surface area contributed by atoms with Crippen molar-refractivity contribution in [2.75, 3.05) is 16.8 Å². The number of rotatable bonds is 7. The fourth-order valence-electron chi connectivity index (χ4n) is 3.53. The molecule has 0 saturated heterocycles. The number of carbonyl (C=O) groups excluding carboxylic acids is 1. The Morgan fingerprint density at radius 2 is 1.80 bits per heavy atom. The van der Waals surface area contributed by atoms with Gasteiger partial charge in [0.2, 0.25) is 5.60 Å². The quantitative estimate of drug-likeness (QED) is 0.515. The molecule has 1 aliphatic rings. The van der Waals surface area contributed by atoms with Crippen LogP contribution in [0.3, 0.4) is 0 Å². The van der Waals surface area contributed by atoms with E-state index in [0.717, 1.165) is 19.4 Å². The van der Waals surface area contributed by atoms with Crippen LogP contribution in [-0.4, -0.2) is 52.3 Å². The number of aliphatic carboxylic acids is 1. The number of carbonyl (C=O) groups is 2. The van der Waals surface area contributed by atoms with Gasteiger partial charge in [0.05, 0.1) is 12.2 Å². The van der Waals surface area contributed by atoms with Crippen molar-refractivity contribution in [3.63, 3.8) is 0 Å². The van der Waals surface area contributed by atoms with Crippen molar-refractivity contribution in [2.45, 2.75) is 57.2 Å². The number of hydrogen-bond donors (Lipinski definition) is 3. The molecule has 1 heterocycles. The maximum absolute atomic E-state index is 13.0. The van der Waals surface area contributed by atoms with Gasteiger partial charge in [0.25, 0.3) is 0 Å². The third-order valence-corrected chi connectivity index (χ3v) is 5.60. The van der Waals surface area contributed by atoms with Crippen LogP contribution >= 0.6 is 0 Å². The molecule has 3 N–H and O–H groups in total. The van der Waals surface area contributed by atoms with E-state index in [1.807, 2.05) is 35.2 Å². The fraction of sp³-hybridized carbons (Fsp3) is 0.417. The Balaban J connectivity index is 1.85. The largest absolute Gasteiger partial charge is 0.486 e. The van der Waals surface area contributed by atoms with Gasteiger partial charge in [0.1, 0.15) is 11.9 Å². The number of benzene rings is 2. The number of carboxylic acids is 1. The van der Waals surface area contributed by atoms with Crippen LogP contribution in [0.25, 0.3) is 0 Å². The minimum atomic E-state index is -4.74. The zero-order valence-electron chi connectivity index (χ0n) is 19.4. The molecular formula is C24H27F3N2O6. The molecule has 0 aromatic heterocycles. The third kappa shape index (κ3) is 6.36. The number of anilines is 2. The number of hydrogen-bond acceptors (Lipinski definition) is 6. The summed E-state index contributed by atoms with van der Waals surface area (Å²) in [6, 6.07) is 13.9. The van der Waals surface area contributed by atoms with E-state index in [4.69, 9.17) is 4.74 Å². The van der Waals surface area contributed by atoms with E-state index in [9.17, 15) is 33.0 Å². The van der Waals surface area contributed by atoms with Crippen molar-refractivity contribution in [3.8, 4) is 5.75 Å². The molecule has 0 saturated carbocycles. The highest BCUT2D eigenvalue weighted by Gasteiger charge is 2.51. The standard InChI is InChI=1S/C24H27F3N2O6/c1-22(2,24(25,26)27)35-21(32)28-16-9-10-19-18(11-16)29(13-15-7-5-4-6-8-15)14-17(34-19)12-23(3,33)20(30)31/h4-11,17,33H,12-14H2,1-3H3,(H,28,32)(H,30,31)/t17-,23+/m0/s1. The first kappa shape index (κ1) is 26.1. The van der Waals surface area contributed by atoms with Crippen LogP contribution in [0.1, 0.15) is 32.8 Å². The van der Waals surface area contributed by atoms with E-state index in [1.54, 1.807) is 0 Å². The molecule has 2 aromatic rings. The van der Waals surface area contributed by atoms with E-state index in [0.29, 0.717) is 18.0 Å². The number of alkyl halides is 3. The summed E-state index contributed by atoms with van der Waals surface area (Å²) in [4.78, 5) is 25.4. The summed E-state index contributed by atoms with van der Waals surface area (Å²) < 4.78 is 49.6. The lowest BCUT2D eigenvalue weighted by Gasteiger charge is -2.38. The molecule has 1 amide bonds. The summed E-state index contributed by atoms with van der Waals surface area (Å²) in [6.07, 6.45) is -6.85. The first-order chi connectivity index (χ1) is 16.2. The summed E-state index contributed by atoms with van der Waals surface area (Å²) in [5, 5.41) is 21.8. The third-order valence-electron chi connectivity index (χ3n) is 5.60. The number of nitrogens with zero attached hydrogens (tertiary/aromatic N) is 1. The Morgan fingerprint density at radius 1 is 1.14 bits per heavy atom. The lowest BCUT2D eigenvalue weighted by Crippen LogP contribution is -2.46. The summed E-state index contributed by atoms with van der Waals surface area (Å²) in [5.74, 6) is -1.01. The van der Waals surface area contributed by atoms with E-state index >= 15 is 0 Å². The summed E-state index contributed by atoms with van der Waals surface area (Å²) in [7, 11) is 0. The number of ether oxygens (including phenoxy) is 2. The monoisotopic (exact) mass is 496 g/mol. The van der Waals surface area contributed by atoms with Gasteiger partial charge in [-0.3, -0.25) is 5.32 Å². The Morgan fingerprint density at radius 3 is 2.40 bits per heavy atom. The van der Waals surface area contributed by atoms with E-state index in [2.05, 4.69) is 10.1 Å². The number of aliphatic hydroxyl groups is 1. The van der Waals surface area contributed by atoms with Crippen molar-refractivity contribution in [1.29, 1.82) is 0 Å². The second-order valence-corrected chi connectivity index (χ2v) is 9.09. The van der Waals surface area contributed by atoms with Crippen LogP contribution in [0.15, 0.2) is 48.5 Å². The van der Waals surface area contributed by atoms with Gasteiger partial charge in [-0.2, -0.15) is 13.2 Å². The van der Waals surface area contributed by atoms with Gasteiger partial charge in [0, 0.05) is 18.7 Å². The number of carboxylic acid groups (broad SMARTS) is 1. The highest BCUT2D eigenvalue weighted by molar-refractivity contribution is 5.86. The lowest BCUT2D eigenvalue weighted by atomic mass is 9.97.